The van der Waals surface area contributed by atoms with Crippen molar-refractivity contribution in [3.8, 4) is 5.75 Å². The molecule has 0 radical (unpaired) electrons. The normalized spacial score (nSPS) is 18.2. The lowest BCUT2D eigenvalue weighted by Crippen LogP contribution is -2.44. The highest BCUT2D eigenvalue weighted by Gasteiger charge is 2.30. The van der Waals surface area contributed by atoms with Gasteiger partial charge < -0.3 is 20.3 Å². The van der Waals surface area contributed by atoms with Crippen molar-refractivity contribution in [1.29, 1.82) is 0 Å². The first kappa shape index (κ1) is 22.4. The molecule has 1 aliphatic carbocycles. The highest BCUT2D eigenvalue weighted by Crippen LogP contribution is 2.25. The Morgan fingerprint density at radius 3 is 2.62 bits per heavy atom. The zero-order valence-corrected chi connectivity index (χ0v) is 19.1. The quantitative estimate of drug-likeness (QED) is 0.561. The Morgan fingerprint density at radius 2 is 1.94 bits per heavy atom. The number of hydrogen-bond donors (Lipinski definition) is 2. The first-order valence-electron chi connectivity index (χ1n) is 11.2. The van der Waals surface area contributed by atoms with Crippen LogP contribution in [-0.4, -0.2) is 53.5 Å². The summed E-state index contributed by atoms with van der Waals surface area (Å²) < 4.78 is 5.40. The predicted octanol–water partition coefficient (Wildman–Crippen LogP) is 3.10. The fraction of sp³-hybridized carbons (Fsp3) is 0.478. The zero-order valence-electron chi connectivity index (χ0n) is 18.3. The summed E-state index contributed by atoms with van der Waals surface area (Å²) in [6.07, 6.45) is 4.09. The molecule has 2 aromatic rings. The lowest BCUT2D eigenvalue weighted by molar-refractivity contribution is -0.125. The molecule has 2 amide bonds. The molecule has 1 atom stereocenters. The number of carbonyl (C=O) groups is 2. The van der Waals surface area contributed by atoms with Gasteiger partial charge in [-0.25, -0.2) is 0 Å². The molecule has 170 valence electrons. The maximum absolute atomic E-state index is 12.4. The summed E-state index contributed by atoms with van der Waals surface area (Å²) in [4.78, 5) is 26.7. The first-order valence-corrected chi connectivity index (χ1v) is 12.1. The lowest BCUT2D eigenvalue weighted by atomic mass is 9.97. The Morgan fingerprint density at radius 1 is 1.12 bits per heavy atom. The van der Waals surface area contributed by atoms with E-state index in [-0.39, 0.29) is 23.5 Å². The fourth-order valence-electron chi connectivity index (χ4n) is 3.64. The van der Waals surface area contributed by atoms with E-state index in [1.807, 2.05) is 43.3 Å². The monoisotopic (exact) mass is 455 g/mol. The maximum Gasteiger partial charge on any atom is 0.234 e. The van der Waals surface area contributed by atoms with E-state index in [2.05, 4.69) is 25.7 Å². The average molecular weight is 456 g/mol. The molecule has 9 heteroatoms. The van der Waals surface area contributed by atoms with Gasteiger partial charge in [-0.05, 0) is 69.0 Å². The highest BCUT2D eigenvalue weighted by atomic mass is 32.2. The summed E-state index contributed by atoms with van der Waals surface area (Å²) in [7, 11) is 0. The number of ether oxygens (including phenoxy) is 1. The minimum atomic E-state index is -0.106. The van der Waals surface area contributed by atoms with Crippen LogP contribution in [0.4, 0.5) is 11.5 Å². The van der Waals surface area contributed by atoms with Crippen LogP contribution in [0.5, 0.6) is 5.75 Å². The molecule has 1 aromatic carbocycles. The molecule has 2 fully saturated rings. The number of aromatic nitrogens is 2. The van der Waals surface area contributed by atoms with Crippen LogP contribution in [0.1, 0.15) is 32.6 Å². The number of thioether (sulfide) groups is 1. The molecule has 1 saturated carbocycles. The SMILES string of the molecule is CCOc1ccc(NC(=O)CSc2ccc(N3CCCC(C(=O)NC4CC4)C3)nn2)cc1. The molecule has 0 spiro atoms. The molecule has 8 nitrogen and oxygen atoms in total. The minimum Gasteiger partial charge on any atom is -0.494 e. The smallest absolute Gasteiger partial charge is 0.234 e. The Bertz CT molecular complexity index is 918. The Labute approximate surface area is 192 Å². The first-order chi connectivity index (χ1) is 15.6. The Balaban J connectivity index is 1.24. The third kappa shape index (κ3) is 6.35. The topological polar surface area (TPSA) is 96.5 Å². The number of nitrogens with zero attached hydrogens (tertiary/aromatic N) is 3. The standard InChI is InChI=1S/C23H29N5O3S/c1-2-31-19-9-7-17(8-10-19)24-21(29)15-32-22-12-11-20(26-27-22)28-13-3-4-16(14-28)23(30)25-18-5-6-18/h7-12,16,18H,2-6,13-15H2,1H3,(H,24,29)(H,25,30). The van der Waals surface area contributed by atoms with Gasteiger partial charge >= 0.3 is 0 Å². The van der Waals surface area contributed by atoms with E-state index >= 15 is 0 Å². The number of anilines is 2. The minimum absolute atomic E-state index is 0.00602. The van der Waals surface area contributed by atoms with Gasteiger partial charge in [0.15, 0.2) is 5.82 Å². The summed E-state index contributed by atoms with van der Waals surface area (Å²) in [5.41, 5.74) is 0.728. The molecule has 1 unspecified atom stereocenters. The second-order valence-corrected chi connectivity index (χ2v) is 9.09. The lowest BCUT2D eigenvalue weighted by Gasteiger charge is -2.32. The van der Waals surface area contributed by atoms with Gasteiger partial charge in [-0.3, -0.25) is 9.59 Å². The van der Waals surface area contributed by atoms with Crippen LogP contribution in [0.15, 0.2) is 41.4 Å². The van der Waals surface area contributed by atoms with Crippen LogP contribution in [0.3, 0.4) is 0 Å². The largest absolute Gasteiger partial charge is 0.494 e. The van der Waals surface area contributed by atoms with Crippen LogP contribution >= 0.6 is 11.8 Å². The van der Waals surface area contributed by atoms with Gasteiger partial charge in [0.25, 0.3) is 0 Å². The van der Waals surface area contributed by atoms with Crippen LogP contribution in [0, 0.1) is 5.92 Å². The van der Waals surface area contributed by atoms with Crippen molar-refractivity contribution >= 4 is 35.1 Å². The Hall–Kier alpha value is -2.81. The molecule has 1 aliphatic heterocycles. The third-order valence-corrected chi connectivity index (χ3v) is 6.39. The van der Waals surface area contributed by atoms with E-state index in [1.54, 1.807) is 0 Å². The number of rotatable bonds is 9. The summed E-state index contributed by atoms with van der Waals surface area (Å²) in [6, 6.07) is 11.5. The maximum atomic E-state index is 12.4. The van der Waals surface area contributed by atoms with Gasteiger partial charge in [0.1, 0.15) is 10.8 Å². The number of nitrogens with one attached hydrogen (secondary N) is 2. The van der Waals surface area contributed by atoms with Crippen molar-refractivity contribution in [2.24, 2.45) is 5.92 Å². The second kappa shape index (κ2) is 10.7. The van der Waals surface area contributed by atoms with Crippen molar-refractivity contribution in [2.75, 3.05) is 35.7 Å². The molecule has 4 rings (SSSR count). The van der Waals surface area contributed by atoms with E-state index in [1.165, 1.54) is 11.8 Å². The van der Waals surface area contributed by atoms with Gasteiger partial charge in [0.05, 0.1) is 18.3 Å². The van der Waals surface area contributed by atoms with Gasteiger partial charge in [0.2, 0.25) is 11.8 Å². The molecular weight excluding hydrogens is 426 g/mol. The molecule has 2 heterocycles. The van der Waals surface area contributed by atoms with E-state index in [9.17, 15) is 9.59 Å². The highest BCUT2D eigenvalue weighted by molar-refractivity contribution is 7.99. The molecule has 2 aliphatic rings. The van der Waals surface area contributed by atoms with E-state index in [0.717, 1.165) is 49.5 Å². The number of piperidine rings is 1. The van der Waals surface area contributed by atoms with E-state index in [4.69, 9.17) is 4.74 Å². The van der Waals surface area contributed by atoms with E-state index < -0.39 is 0 Å². The van der Waals surface area contributed by atoms with Gasteiger partial charge in [-0.2, -0.15) is 0 Å². The molecule has 1 aromatic heterocycles. The van der Waals surface area contributed by atoms with Crippen LogP contribution in [-0.2, 0) is 9.59 Å². The van der Waals surface area contributed by atoms with Crippen molar-refractivity contribution in [2.45, 2.75) is 43.7 Å². The van der Waals surface area contributed by atoms with E-state index in [0.29, 0.717) is 24.2 Å². The summed E-state index contributed by atoms with van der Waals surface area (Å²) in [5, 5.41) is 15.3. The summed E-state index contributed by atoms with van der Waals surface area (Å²) in [5.74, 6) is 1.86. The molecule has 32 heavy (non-hydrogen) atoms. The zero-order chi connectivity index (χ0) is 22.3. The Kier molecular flexibility index (Phi) is 7.47. The summed E-state index contributed by atoms with van der Waals surface area (Å²) >= 11 is 1.34. The van der Waals surface area contributed by atoms with Crippen molar-refractivity contribution in [3.05, 3.63) is 36.4 Å². The molecule has 2 N–H and O–H groups in total. The molecule has 0 bridgehead atoms. The second-order valence-electron chi connectivity index (χ2n) is 8.09. The predicted molar refractivity (Wildman–Crippen MR) is 125 cm³/mol. The van der Waals surface area contributed by atoms with Gasteiger partial charge in [-0.15, -0.1) is 10.2 Å². The van der Waals surface area contributed by atoms with Crippen LogP contribution in [0.2, 0.25) is 0 Å². The molecular formula is C23H29N5O3S. The van der Waals surface area contributed by atoms with Crippen molar-refractivity contribution in [3.63, 3.8) is 0 Å². The van der Waals surface area contributed by atoms with Gasteiger partial charge in [0, 0.05) is 24.8 Å². The van der Waals surface area contributed by atoms with Crippen LogP contribution < -0.4 is 20.3 Å². The number of benzene rings is 1. The van der Waals surface area contributed by atoms with Gasteiger partial charge in [-0.1, -0.05) is 11.8 Å². The van der Waals surface area contributed by atoms with Crippen LogP contribution in [0.25, 0.3) is 0 Å². The third-order valence-electron chi connectivity index (χ3n) is 5.47. The van der Waals surface area contributed by atoms with Crippen molar-refractivity contribution in [1.82, 2.24) is 15.5 Å². The average Bonchev–Trinajstić information content (AvgIpc) is 3.64. The molecule has 1 saturated heterocycles. The number of amides is 2. The number of carbonyl (C=O) groups excluding carboxylic acids is 2. The summed E-state index contributed by atoms with van der Waals surface area (Å²) in [6.45, 7) is 4.08. The van der Waals surface area contributed by atoms with Crippen molar-refractivity contribution < 1.29 is 14.3 Å². The fourth-order valence-corrected chi connectivity index (χ4v) is 4.26. The number of hydrogen-bond acceptors (Lipinski definition) is 7.